The van der Waals surface area contributed by atoms with Crippen LogP contribution in [0.4, 0.5) is 14.5 Å². The zero-order valence-electron chi connectivity index (χ0n) is 9.84. The largest absolute Gasteiger partial charge is 0.380 e. The fourth-order valence-corrected chi connectivity index (χ4v) is 2.73. The van der Waals surface area contributed by atoms with Crippen molar-refractivity contribution < 1.29 is 8.78 Å². The van der Waals surface area contributed by atoms with Crippen LogP contribution in [0, 0.1) is 3.57 Å². The molecule has 0 saturated heterocycles. The molecule has 5 heteroatoms. The van der Waals surface area contributed by atoms with E-state index in [9.17, 15) is 8.78 Å². The number of hydrogen-bond acceptors (Lipinski definition) is 1. The van der Waals surface area contributed by atoms with Crippen LogP contribution in [0.2, 0.25) is 5.02 Å². The maximum atomic E-state index is 12.6. The predicted molar refractivity (Wildman–Crippen MR) is 82.9 cm³/mol. The monoisotopic (exact) mass is 393 g/mol. The van der Waals surface area contributed by atoms with E-state index < -0.39 is 6.43 Å². The topological polar surface area (TPSA) is 12.0 Å². The maximum Gasteiger partial charge on any atom is 0.263 e. The Bertz CT molecular complexity index is 575. The van der Waals surface area contributed by atoms with Crippen molar-refractivity contribution in [2.24, 2.45) is 0 Å². The highest BCUT2D eigenvalue weighted by atomic mass is 127. The Labute approximate surface area is 129 Å². The van der Waals surface area contributed by atoms with Gasteiger partial charge in [0.2, 0.25) is 0 Å². The predicted octanol–water partition coefficient (Wildman–Crippen LogP) is 5.49. The van der Waals surface area contributed by atoms with Crippen molar-refractivity contribution in [3.05, 3.63) is 62.2 Å². The van der Waals surface area contributed by atoms with E-state index in [1.165, 1.54) is 12.1 Å². The summed E-state index contributed by atoms with van der Waals surface area (Å²) in [5.41, 5.74) is 1.81. The Morgan fingerprint density at radius 2 is 1.95 bits per heavy atom. The standard InChI is InChI=1S/C14H11ClF2IN/c15-11-4-5-13(12(18)7-11)19-8-9-2-1-3-10(6-9)14(16)17/h1-7,14,19H,8H2. The highest BCUT2D eigenvalue weighted by Gasteiger charge is 2.07. The molecule has 2 aromatic rings. The molecule has 0 radical (unpaired) electrons. The number of benzene rings is 2. The Morgan fingerprint density at radius 1 is 1.16 bits per heavy atom. The van der Waals surface area contributed by atoms with Crippen molar-refractivity contribution in [1.29, 1.82) is 0 Å². The minimum absolute atomic E-state index is 0.0464. The van der Waals surface area contributed by atoms with Crippen molar-refractivity contribution in [2.45, 2.75) is 13.0 Å². The smallest absolute Gasteiger partial charge is 0.263 e. The van der Waals surface area contributed by atoms with Crippen LogP contribution >= 0.6 is 34.2 Å². The molecule has 0 saturated carbocycles. The summed E-state index contributed by atoms with van der Waals surface area (Å²) >= 11 is 8.05. The van der Waals surface area contributed by atoms with Gasteiger partial charge in [0.25, 0.3) is 6.43 Å². The molecule has 0 unspecified atom stereocenters. The van der Waals surface area contributed by atoms with Crippen molar-refractivity contribution in [1.82, 2.24) is 0 Å². The van der Waals surface area contributed by atoms with Crippen molar-refractivity contribution in [3.63, 3.8) is 0 Å². The lowest BCUT2D eigenvalue weighted by atomic mass is 10.1. The molecule has 0 heterocycles. The lowest BCUT2D eigenvalue weighted by molar-refractivity contribution is 0.151. The number of anilines is 1. The first-order valence-electron chi connectivity index (χ1n) is 5.62. The Kier molecular flexibility index (Phi) is 4.99. The number of nitrogens with one attached hydrogen (secondary N) is 1. The third-order valence-corrected chi connectivity index (χ3v) is 3.74. The zero-order chi connectivity index (χ0) is 13.8. The van der Waals surface area contributed by atoms with Gasteiger partial charge in [-0.15, -0.1) is 0 Å². The summed E-state index contributed by atoms with van der Waals surface area (Å²) in [5.74, 6) is 0. The minimum atomic E-state index is -2.43. The molecular formula is C14H11ClF2IN. The molecule has 0 spiro atoms. The minimum Gasteiger partial charge on any atom is -0.380 e. The van der Waals surface area contributed by atoms with Crippen molar-refractivity contribution in [2.75, 3.05) is 5.32 Å². The van der Waals surface area contributed by atoms with Gasteiger partial charge in [-0.05, 0) is 52.4 Å². The Hall–Kier alpha value is -0.880. The Morgan fingerprint density at radius 3 is 2.63 bits per heavy atom. The van der Waals surface area contributed by atoms with Crippen LogP contribution in [0.3, 0.4) is 0 Å². The summed E-state index contributed by atoms with van der Waals surface area (Å²) in [7, 11) is 0. The molecule has 0 fully saturated rings. The van der Waals surface area contributed by atoms with E-state index in [0.29, 0.717) is 11.6 Å². The quantitative estimate of drug-likeness (QED) is 0.677. The maximum absolute atomic E-state index is 12.6. The molecule has 0 atom stereocenters. The summed E-state index contributed by atoms with van der Waals surface area (Å²) in [6, 6.07) is 11.9. The summed E-state index contributed by atoms with van der Waals surface area (Å²) < 4.78 is 26.2. The second-order valence-electron chi connectivity index (χ2n) is 4.02. The van der Waals surface area contributed by atoms with Gasteiger partial charge in [-0.2, -0.15) is 0 Å². The van der Waals surface area contributed by atoms with Crippen LogP contribution in [-0.2, 0) is 6.54 Å². The van der Waals surface area contributed by atoms with E-state index in [1.54, 1.807) is 12.1 Å². The molecule has 1 N–H and O–H groups in total. The summed E-state index contributed by atoms with van der Waals surface area (Å²) in [6.45, 7) is 0.498. The van der Waals surface area contributed by atoms with Gasteiger partial charge in [0.15, 0.2) is 0 Å². The molecule has 0 amide bonds. The second-order valence-corrected chi connectivity index (χ2v) is 5.62. The first kappa shape index (κ1) is 14.5. The second kappa shape index (κ2) is 6.52. The van der Waals surface area contributed by atoms with Gasteiger partial charge >= 0.3 is 0 Å². The first-order chi connectivity index (χ1) is 9.06. The SMILES string of the molecule is FC(F)c1cccc(CNc2ccc(Cl)cc2I)c1. The molecule has 0 aliphatic carbocycles. The van der Waals surface area contributed by atoms with Crippen LogP contribution in [0.5, 0.6) is 0 Å². The van der Waals surface area contributed by atoms with Crippen LogP contribution < -0.4 is 5.32 Å². The van der Waals surface area contributed by atoms with E-state index >= 15 is 0 Å². The van der Waals surface area contributed by atoms with Crippen molar-refractivity contribution in [3.8, 4) is 0 Å². The lowest BCUT2D eigenvalue weighted by Gasteiger charge is -2.10. The van der Waals surface area contributed by atoms with Crippen molar-refractivity contribution >= 4 is 39.9 Å². The van der Waals surface area contributed by atoms with E-state index in [-0.39, 0.29) is 5.56 Å². The fourth-order valence-electron chi connectivity index (χ4n) is 1.67. The molecule has 19 heavy (non-hydrogen) atoms. The average molecular weight is 394 g/mol. The molecule has 0 bridgehead atoms. The average Bonchev–Trinajstić information content (AvgIpc) is 2.38. The molecule has 2 aromatic carbocycles. The third kappa shape index (κ3) is 4.04. The van der Waals surface area contributed by atoms with Gasteiger partial charge in [-0.3, -0.25) is 0 Å². The normalized spacial score (nSPS) is 10.8. The molecule has 0 aliphatic rings. The van der Waals surface area contributed by atoms with Gasteiger partial charge in [0.1, 0.15) is 0 Å². The fraction of sp³-hybridized carbons (Fsp3) is 0.143. The van der Waals surface area contributed by atoms with Gasteiger partial charge in [-0.1, -0.05) is 29.8 Å². The summed E-state index contributed by atoms with van der Waals surface area (Å²) in [6.07, 6.45) is -2.43. The van der Waals surface area contributed by atoms with Crippen LogP contribution in [0.1, 0.15) is 17.6 Å². The number of hydrogen-bond donors (Lipinski definition) is 1. The van der Waals surface area contributed by atoms with Gasteiger partial charge < -0.3 is 5.32 Å². The van der Waals surface area contributed by atoms with E-state index in [2.05, 4.69) is 27.9 Å². The van der Waals surface area contributed by atoms with Gasteiger partial charge in [0, 0.05) is 26.4 Å². The first-order valence-corrected chi connectivity index (χ1v) is 7.08. The molecule has 0 aromatic heterocycles. The number of rotatable bonds is 4. The van der Waals surface area contributed by atoms with E-state index in [0.717, 1.165) is 14.8 Å². The lowest BCUT2D eigenvalue weighted by Crippen LogP contribution is -2.01. The summed E-state index contributed by atoms with van der Waals surface area (Å²) in [5, 5.41) is 3.89. The number of alkyl halides is 2. The van der Waals surface area contributed by atoms with Gasteiger partial charge in [0.05, 0.1) is 0 Å². The summed E-state index contributed by atoms with van der Waals surface area (Å²) in [4.78, 5) is 0. The van der Waals surface area contributed by atoms with E-state index in [1.807, 2.05) is 18.2 Å². The molecule has 2 rings (SSSR count). The number of halogens is 4. The molecular weight excluding hydrogens is 383 g/mol. The van der Waals surface area contributed by atoms with Gasteiger partial charge in [-0.25, -0.2) is 8.78 Å². The Balaban J connectivity index is 2.08. The highest BCUT2D eigenvalue weighted by molar-refractivity contribution is 14.1. The molecule has 100 valence electrons. The highest BCUT2D eigenvalue weighted by Crippen LogP contribution is 2.24. The third-order valence-electron chi connectivity index (χ3n) is 2.62. The van der Waals surface area contributed by atoms with Crippen LogP contribution in [0.25, 0.3) is 0 Å². The van der Waals surface area contributed by atoms with E-state index in [4.69, 9.17) is 11.6 Å². The van der Waals surface area contributed by atoms with Crippen LogP contribution in [0.15, 0.2) is 42.5 Å². The molecule has 0 aliphatic heterocycles. The molecule has 1 nitrogen and oxygen atoms in total. The van der Waals surface area contributed by atoms with Crippen LogP contribution in [-0.4, -0.2) is 0 Å². The zero-order valence-corrected chi connectivity index (χ0v) is 12.8.